The Hall–Kier alpha value is -3.93. The van der Waals surface area contributed by atoms with E-state index >= 15 is 0 Å². The summed E-state index contributed by atoms with van der Waals surface area (Å²) in [6, 6.07) is 18.5. The predicted octanol–water partition coefficient (Wildman–Crippen LogP) is 4.86. The van der Waals surface area contributed by atoms with Crippen LogP contribution in [0, 0.1) is 0 Å². The van der Waals surface area contributed by atoms with E-state index in [1.165, 1.54) is 25.2 Å². The maximum Gasteiger partial charge on any atom is 0.331 e. The average molecular weight is 419 g/mol. The summed E-state index contributed by atoms with van der Waals surface area (Å²) in [6.07, 6.45) is 6.29. The summed E-state index contributed by atoms with van der Waals surface area (Å²) in [4.78, 5) is 37.5. The zero-order chi connectivity index (χ0) is 22.6. The first-order valence-electron chi connectivity index (χ1n) is 9.76. The number of benzene rings is 2. The molecule has 2 aromatic rings. The van der Waals surface area contributed by atoms with E-state index in [1.807, 2.05) is 60.7 Å². The van der Waals surface area contributed by atoms with Crippen LogP contribution in [-0.4, -0.2) is 23.9 Å². The first-order chi connectivity index (χ1) is 14.9. The molecule has 0 heterocycles. The molecule has 2 rings (SSSR count). The number of hydrogen-bond acceptors (Lipinski definition) is 5. The second-order valence-corrected chi connectivity index (χ2v) is 6.46. The minimum Gasteiger partial charge on any atom is -0.455 e. The van der Waals surface area contributed by atoms with Crippen molar-refractivity contribution in [3.05, 3.63) is 96.8 Å². The highest BCUT2D eigenvalue weighted by molar-refractivity contribution is 6.07. The zero-order valence-electron chi connectivity index (χ0n) is 17.7. The molecule has 0 aliphatic carbocycles. The molecule has 0 spiro atoms. The molecule has 0 aliphatic rings. The van der Waals surface area contributed by atoms with Gasteiger partial charge in [-0.25, -0.2) is 4.79 Å². The van der Waals surface area contributed by atoms with E-state index in [9.17, 15) is 14.4 Å². The topological polar surface area (TPSA) is 72.9 Å². The van der Waals surface area contributed by atoms with E-state index < -0.39 is 18.0 Å². The van der Waals surface area contributed by atoms with Crippen molar-refractivity contribution in [2.75, 3.05) is 4.90 Å². The third-order valence-corrected chi connectivity index (χ3v) is 3.99. The molecule has 0 fully saturated rings. The Kier molecular flexibility index (Phi) is 8.98. The van der Waals surface area contributed by atoms with Gasteiger partial charge in [0.15, 0.2) is 0 Å². The van der Waals surface area contributed by atoms with Crippen molar-refractivity contribution < 1.29 is 23.9 Å². The maximum atomic E-state index is 12.9. The lowest BCUT2D eigenvalue weighted by atomic mass is 10.2. The number of hydrogen-bond donors (Lipinski definition) is 0. The van der Waals surface area contributed by atoms with E-state index in [-0.39, 0.29) is 11.7 Å². The largest absolute Gasteiger partial charge is 0.455 e. The Balaban J connectivity index is 2.06. The van der Waals surface area contributed by atoms with Crippen LogP contribution in [0.2, 0.25) is 0 Å². The standard InChI is InChI=1S/C25H25NO5/c1-4-23(31-20(3)27)16-18-25(29)30-19(2)15-17-24(28)26(21-11-7-5-8-12-21)22-13-9-6-10-14-22/h4-19H,1-3H3/t19-/m1/s1. The minimum absolute atomic E-state index is 0.240. The van der Waals surface area contributed by atoms with Gasteiger partial charge in [0.1, 0.15) is 11.9 Å². The molecular weight excluding hydrogens is 394 g/mol. The molecule has 6 heteroatoms. The monoisotopic (exact) mass is 419 g/mol. The number of nitrogens with zero attached hydrogens (tertiary/aromatic N) is 1. The quantitative estimate of drug-likeness (QED) is 0.264. The van der Waals surface area contributed by atoms with Crippen LogP contribution in [-0.2, 0) is 23.9 Å². The summed E-state index contributed by atoms with van der Waals surface area (Å²) in [7, 11) is 0. The number of para-hydroxylation sites is 2. The summed E-state index contributed by atoms with van der Waals surface area (Å²) in [5.74, 6) is -1.15. The lowest BCUT2D eigenvalue weighted by molar-refractivity contribution is -0.140. The van der Waals surface area contributed by atoms with Crippen LogP contribution in [0.1, 0.15) is 20.8 Å². The van der Waals surface area contributed by atoms with Crippen LogP contribution in [0.3, 0.4) is 0 Å². The number of carbonyl (C=O) groups excluding carboxylic acids is 3. The first kappa shape index (κ1) is 23.3. The average Bonchev–Trinajstić information content (AvgIpc) is 2.76. The van der Waals surface area contributed by atoms with E-state index in [1.54, 1.807) is 24.8 Å². The van der Waals surface area contributed by atoms with Crippen LogP contribution < -0.4 is 4.90 Å². The number of amides is 1. The van der Waals surface area contributed by atoms with Gasteiger partial charge in [0.25, 0.3) is 5.91 Å². The van der Waals surface area contributed by atoms with Gasteiger partial charge in [-0.15, -0.1) is 0 Å². The van der Waals surface area contributed by atoms with Crippen LogP contribution in [0.4, 0.5) is 11.4 Å². The van der Waals surface area contributed by atoms with Gasteiger partial charge in [0.2, 0.25) is 0 Å². The zero-order valence-corrected chi connectivity index (χ0v) is 17.7. The minimum atomic E-state index is -0.641. The third-order valence-electron chi connectivity index (χ3n) is 3.99. The Morgan fingerprint density at radius 2 is 1.42 bits per heavy atom. The highest BCUT2D eigenvalue weighted by Gasteiger charge is 2.15. The summed E-state index contributed by atoms with van der Waals surface area (Å²) in [5.41, 5.74) is 1.44. The normalized spacial score (nSPS) is 12.5. The molecule has 0 N–H and O–H groups in total. The van der Waals surface area contributed by atoms with Gasteiger partial charge in [-0.3, -0.25) is 14.5 Å². The van der Waals surface area contributed by atoms with Crippen molar-refractivity contribution in [2.45, 2.75) is 26.9 Å². The second kappa shape index (κ2) is 11.9. The van der Waals surface area contributed by atoms with Gasteiger partial charge in [0, 0.05) is 30.5 Å². The second-order valence-electron chi connectivity index (χ2n) is 6.46. The van der Waals surface area contributed by atoms with Gasteiger partial charge in [0.05, 0.1) is 0 Å². The molecule has 0 aliphatic heterocycles. The Morgan fingerprint density at radius 3 is 1.90 bits per heavy atom. The van der Waals surface area contributed by atoms with Crippen molar-refractivity contribution in [3.63, 3.8) is 0 Å². The summed E-state index contributed by atoms with van der Waals surface area (Å²) < 4.78 is 10.1. The van der Waals surface area contributed by atoms with Crippen molar-refractivity contribution in [1.29, 1.82) is 0 Å². The van der Waals surface area contributed by atoms with E-state index in [4.69, 9.17) is 9.47 Å². The molecule has 2 aromatic carbocycles. The van der Waals surface area contributed by atoms with Crippen molar-refractivity contribution >= 4 is 29.2 Å². The van der Waals surface area contributed by atoms with Gasteiger partial charge in [-0.2, -0.15) is 0 Å². The van der Waals surface area contributed by atoms with E-state index in [0.29, 0.717) is 0 Å². The summed E-state index contributed by atoms with van der Waals surface area (Å²) in [6.45, 7) is 4.59. The van der Waals surface area contributed by atoms with Gasteiger partial charge in [-0.05, 0) is 56.3 Å². The fourth-order valence-electron chi connectivity index (χ4n) is 2.62. The number of allylic oxidation sites excluding steroid dienone is 2. The molecule has 1 amide bonds. The Labute approximate surface area is 182 Å². The van der Waals surface area contributed by atoms with Crippen molar-refractivity contribution in [3.8, 4) is 0 Å². The smallest absolute Gasteiger partial charge is 0.331 e. The van der Waals surface area contributed by atoms with Crippen molar-refractivity contribution in [2.24, 2.45) is 0 Å². The Bertz CT molecular complexity index is 938. The highest BCUT2D eigenvalue weighted by Crippen LogP contribution is 2.25. The molecule has 160 valence electrons. The maximum absolute atomic E-state index is 12.9. The molecule has 0 saturated carbocycles. The molecular formula is C25H25NO5. The Morgan fingerprint density at radius 1 is 0.871 bits per heavy atom. The molecule has 6 nitrogen and oxygen atoms in total. The van der Waals surface area contributed by atoms with Gasteiger partial charge < -0.3 is 9.47 Å². The first-order valence-corrected chi connectivity index (χ1v) is 9.76. The molecule has 0 radical (unpaired) electrons. The van der Waals surface area contributed by atoms with Crippen LogP contribution in [0.5, 0.6) is 0 Å². The molecule has 1 atom stereocenters. The molecule has 0 saturated heterocycles. The SMILES string of the molecule is CC=C(C=CC(=O)O[C@H](C)C=CC(=O)N(c1ccccc1)c1ccccc1)OC(C)=O. The number of carbonyl (C=O) groups is 3. The van der Waals surface area contributed by atoms with Crippen LogP contribution >= 0.6 is 0 Å². The van der Waals surface area contributed by atoms with Gasteiger partial charge in [-0.1, -0.05) is 36.4 Å². The predicted molar refractivity (Wildman–Crippen MR) is 119 cm³/mol. The van der Waals surface area contributed by atoms with Crippen molar-refractivity contribution in [1.82, 2.24) is 0 Å². The molecule has 0 aromatic heterocycles. The number of anilines is 2. The molecule has 31 heavy (non-hydrogen) atoms. The lowest BCUT2D eigenvalue weighted by Crippen LogP contribution is -2.24. The molecule has 0 unspecified atom stereocenters. The third kappa shape index (κ3) is 7.78. The van der Waals surface area contributed by atoms with Gasteiger partial charge >= 0.3 is 11.9 Å². The molecule has 0 bridgehead atoms. The number of ether oxygens (including phenoxy) is 2. The lowest BCUT2D eigenvalue weighted by Gasteiger charge is -2.21. The highest BCUT2D eigenvalue weighted by atomic mass is 16.5. The summed E-state index contributed by atoms with van der Waals surface area (Å²) in [5, 5.41) is 0. The van der Waals surface area contributed by atoms with Crippen LogP contribution in [0.15, 0.2) is 96.8 Å². The number of esters is 2. The fourth-order valence-corrected chi connectivity index (χ4v) is 2.62. The number of rotatable bonds is 8. The van der Waals surface area contributed by atoms with E-state index in [0.717, 1.165) is 17.5 Å². The van der Waals surface area contributed by atoms with Crippen LogP contribution in [0.25, 0.3) is 0 Å². The fraction of sp³-hybridized carbons (Fsp3) is 0.160. The van der Waals surface area contributed by atoms with E-state index in [2.05, 4.69) is 0 Å². The summed E-state index contributed by atoms with van der Waals surface area (Å²) >= 11 is 0.